The van der Waals surface area contributed by atoms with Crippen molar-refractivity contribution >= 4 is 12.3 Å². The number of nitrogens with one attached hydrogen (secondary N) is 2. The van der Waals surface area contributed by atoms with E-state index in [1.165, 1.54) is 7.05 Å². The van der Waals surface area contributed by atoms with E-state index in [0.29, 0.717) is 0 Å². The first-order valence-electron chi connectivity index (χ1n) is 2.89. The molecule has 0 aromatic heterocycles. The predicted molar refractivity (Wildman–Crippen MR) is 38.3 cm³/mol. The number of rotatable bonds is 4. The fraction of sp³-hybridized carbons (Fsp3) is 0.200. The number of nitro groups is 1. The van der Waals surface area contributed by atoms with Crippen LogP contribution in [0.25, 0.3) is 0 Å². The third-order valence-corrected chi connectivity index (χ3v) is 0.900. The van der Waals surface area contributed by atoms with Crippen molar-refractivity contribution in [2.45, 2.75) is 0 Å². The van der Waals surface area contributed by atoms with E-state index in [0.717, 1.165) is 6.20 Å². The van der Waals surface area contributed by atoms with Gasteiger partial charge in [0.25, 0.3) is 0 Å². The summed E-state index contributed by atoms with van der Waals surface area (Å²) in [4.78, 5) is 29.7. The van der Waals surface area contributed by atoms with Gasteiger partial charge in [-0.25, -0.2) is 0 Å². The molecule has 0 rings (SSSR count). The Balaban J connectivity index is 4.51. The minimum atomic E-state index is -1.05. The van der Waals surface area contributed by atoms with Crippen LogP contribution in [0, 0.1) is 10.1 Å². The Bertz CT molecular complexity index is 235. The first-order valence-corrected chi connectivity index (χ1v) is 2.89. The maximum atomic E-state index is 10.7. The zero-order chi connectivity index (χ0) is 9.56. The van der Waals surface area contributed by atoms with E-state index in [9.17, 15) is 19.7 Å². The van der Waals surface area contributed by atoms with E-state index in [1.54, 1.807) is 5.32 Å². The molecular weight excluding hydrogens is 166 g/mol. The van der Waals surface area contributed by atoms with Crippen LogP contribution in [-0.2, 0) is 9.59 Å². The van der Waals surface area contributed by atoms with E-state index >= 15 is 0 Å². The van der Waals surface area contributed by atoms with E-state index in [-0.39, 0.29) is 6.41 Å². The Morgan fingerprint density at radius 1 is 1.58 bits per heavy atom. The fourth-order valence-electron chi connectivity index (χ4n) is 0.465. The monoisotopic (exact) mass is 173 g/mol. The van der Waals surface area contributed by atoms with Crippen molar-refractivity contribution in [2.24, 2.45) is 0 Å². The van der Waals surface area contributed by atoms with Gasteiger partial charge in [-0.05, 0) is 0 Å². The Morgan fingerprint density at radius 3 is 2.50 bits per heavy atom. The summed E-state index contributed by atoms with van der Waals surface area (Å²) in [5, 5.41) is 14.1. The van der Waals surface area contributed by atoms with Gasteiger partial charge >= 0.3 is 11.6 Å². The smallest absolute Gasteiger partial charge is 0.349 e. The Morgan fingerprint density at radius 2 is 2.17 bits per heavy atom. The maximum absolute atomic E-state index is 10.7. The van der Waals surface area contributed by atoms with Crippen molar-refractivity contribution in [1.29, 1.82) is 0 Å². The minimum absolute atomic E-state index is 0.0787. The molecule has 0 saturated carbocycles. The van der Waals surface area contributed by atoms with Gasteiger partial charge in [0, 0.05) is 7.05 Å². The molecule has 12 heavy (non-hydrogen) atoms. The van der Waals surface area contributed by atoms with E-state index in [2.05, 4.69) is 5.32 Å². The van der Waals surface area contributed by atoms with E-state index in [1.807, 2.05) is 0 Å². The number of carbonyl (C=O) groups is 2. The fourth-order valence-corrected chi connectivity index (χ4v) is 0.465. The van der Waals surface area contributed by atoms with E-state index in [4.69, 9.17) is 0 Å². The van der Waals surface area contributed by atoms with Crippen LogP contribution >= 0.6 is 0 Å². The lowest BCUT2D eigenvalue weighted by atomic mass is 10.4. The highest BCUT2D eigenvalue weighted by molar-refractivity contribution is 5.97. The molecule has 0 unspecified atom stereocenters. The SMILES string of the molecule is CN/C=C(\C(=O)NC=O)[N+](=O)[O-]. The van der Waals surface area contributed by atoms with Crippen molar-refractivity contribution in [3.63, 3.8) is 0 Å². The van der Waals surface area contributed by atoms with Crippen molar-refractivity contribution in [2.75, 3.05) is 7.05 Å². The van der Waals surface area contributed by atoms with Crippen LogP contribution < -0.4 is 10.6 Å². The van der Waals surface area contributed by atoms with Crippen LogP contribution in [0.1, 0.15) is 0 Å². The number of amides is 2. The summed E-state index contributed by atoms with van der Waals surface area (Å²) < 4.78 is 0. The molecule has 0 saturated heterocycles. The van der Waals surface area contributed by atoms with Gasteiger partial charge in [-0.15, -0.1) is 0 Å². The van der Waals surface area contributed by atoms with Gasteiger partial charge in [-0.1, -0.05) is 0 Å². The molecule has 7 heteroatoms. The third-order valence-electron chi connectivity index (χ3n) is 0.900. The number of hydrogen-bond donors (Lipinski definition) is 2. The molecule has 0 heterocycles. The number of hydrogen-bond acceptors (Lipinski definition) is 5. The second kappa shape index (κ2) is 4.83. The highest BCUT2D eigenvalue weighted by atomic mass is 16.6. The van der Waals surface area contributed by atoms with Crippen molar-refractivity contribution in [3.05, 3.63) is 22.0 Å². The quantitative estimate of drug-likeness (QED) is 0.235. The molecule has 66 valence electrons. The topological polar surface area (TPSA) is 101 Å². The first kappa shape index (κ1) is 10.1. The van der Waals surface area contributed by atoms with Crippen molar-refractivity contribution in [1.82, 2.24) is 10.6 Å². The second-order valence-electron chi connectivity index (χ2n) is 1.67. The number of nitrogens with zero attached hydrogens (tertiary/aromatic N) is 1. The zero-order valence-corrected chi connectivity index (χ0v) is 6.23. The van der Waals surface area contributed by atoms with Crippen LogP contribution in [-0.4, -0.2) is 24.3 Å². The van der Waals surface area contributed by atoms with Crippen molar-refractivity contribution in [3.8, 4) is 0 Å². The van der Waals surface area contributed by atoms with Crippen LogP contribution in [0.15, 0.2) is 11.9 Å². The summed E-state index contributed by atoms with van der Waals surface area (Å²) in [6.45, 7) is 0. The first-order chi connectivity index (χ1) is 5.63. The molecule has 2 amide bonds. The summed E-state index contributed by atoms with van der Waals surface area (Å²) in [5.41, 5.74) is -0.718. The molecule has 0 spiro atoms. The molecule has 0 fully saturated rings. The zero-order valence-electron chi connectivity index (χ0n) is 6.23. The highest BCUT2D eigenvalue weighted by Gasteiger charge is 2.20. The van der Waals surface area contributed by atoms with Crippen LogP contribution in [0.2, 0.25) is 0 Å². The van der Waals surface area contributed by atoms with Gasteiger partial charge in [0.2, 0.25) is 6.41 Å². The molecule has 0 aromatic carbocycles. The van der Waals surface area contributed by atoms with E-state index < -0.39 is 16.5 Å². The van der Waals surface area contributed by atoms with Gasteiger partial charge in [0.15, 0.2) is 0 Å². The maximum Gasteiger partial charge on any atom is 0.349 e. The molecule has 7 nitrogen and oxygen atoms in total. The standard InChI is InChI=1S/C5H7N3O4/c1-6-2-4(8(11)12)5(10)7-3-9/h2-3,6H,1H3,(H,7,9,10)/b4-2+. The molecule has 0 aromatic rings. The molecule has 0 radical (unpaired) electrons. The summed E-state index contributed by atoms with van der Waals surface area (Å²) >= 11 is 0. The van der Waals surface area contributed by atoms with Gasteiger partial charge in [-0.3, -0.25) is 25.0 Å². The minimum Gasteiger partial charge on any atom is -0.388 e. The Hall–Kier alpha value is -1.92. The normalized spacial score (nSPS) is 10.2. The molecule has 0 aliphatic carbocycles. The van der Waals surface area contributed by atoms with Gasteiger partial charge < -0.3 is 5.32 Å². The Labute approximate surface area is 67.6 Å². The average molecular weight is 173 g/mol. The van der Waals surface area contributed by atoms with Crippen molar-refractivity contribution < 1.29 is 14.5 Å². The van der Waals surface area contributed by atoms with Gasteiger partial charge in [-0.2, -0.15) is 0 Å². The number of carbonyl (C=O) groups excluding carboxylic acids is 2. The lowest BCUT2D eigenvalue weighted by Crippen LogP contribution is -2.27. The lowest BCUT2D eigenvalue weighted by Gasteiger charge is -1.94. The summed E-state index contributed by atoms with van der Waals surface area (Å²) in [6.07, 6.45) is 0.966. The summed E-state index contributed by atoms with van der Waals surface area (Å²) in [5.74, 6) is -1.05. The van der Waals surface area contributed by atoms with Gasteiger partial charge in [0.1, 0.15) is 0 Å². The van der Waals surface area contributed by atoms with Crippen LogP contribution in [0.3, 0.4) is 0 Å². The summed E-state index contributed by atoms with van der Waals surface area (Å²) in [6, 6.07) is 0. The van der Waals surface area contributed by atoms with Crippen LogP contribution in [0.4, 0.5) is 0 Å². The molecule has 0 aliphatic heterocycles. The molecule has 0 bridgehead atoms. The van der Waals surface area contributed by atoms with Gasteiger partial charge in [0.05, 0.1) is 11.1 Å². The summed E-state index contributed by atoms with van der Waals surface area (Å²) in [7, 11) is 1.40. The predicted octanol–water partition coefficient (Wildman–Crippen LogP) is -1.40. The largest absolute Gasteiger partial charge is 0.388 e. The van der Waals surface area contributed by atoms with Crippen LogP contribution in [0.5, 0.6) is 0 Å². The molecular formula is C5H7N3O4. The Kier molecular flexibility index (Phi) is 4.06. The lowest BCUT2D eigenvalue weighted by molar-refractivity contribution is -0.419. The molecule has 0 aliphatic rings. The average Bonchev–Trinajstić information content (AvgIpc) is 1.99. The second-order valence-corrected chi connectivity index (χ2v) is 1.67. The highest BCUT2D eigenvalue weighted by Crippen LogP contribution is 1.92. The number of imide groups is 1. The molecule has 0 atom stereocenters. The third kappa shape index (κ3) is 2.78. The molecule has 2 N–H and O–H groups in total.